The third kappa shape index (κ3) is 2.60. The Hall–Kier alpha value is -4.00. The van der Waals surface area contributed by atoms with Crippen LogP contribution in [-0.2, 0) is 10.3 Å². The van der Waals surface area contributed by atoms with Crippen LogP contribution in [0.4, 0.5) is 5.69 Å². The number of ether oxygens (including phenoxy) is 2. The van der Waals surface area contributed by atoms with Gasteiger partial charge in [-0.3, -0.25) is 0 Å². The van der Waals surface area contributed by atoms with Crippen molar-refractivity contribution in [1.29, 1.82) is 0 Å². The fourth-order valence-corrected chi connectivity index (χ4v) is 4.65. The molecule has 7 heteroatoms. The lowest BCUT2D eigenvalue weighted by atomic mass is 9.77. The van der Waals surface area contributed by atoms with Gasteiger partial charge in [0.2, 0.25) is 0 Å². The number of aromatic hydroxyl groups is 1. The molecule has 1 atom stereocenters. The number of esters is 1. The van der Waals surface area contributed by atoms with Gasteiger partial charge in [-0.05, 0) is 38.1 Å². The average molecular weight is 431 g/mol. The van der Waals surface area contributed by atoms with Crippen LogP contribution < -0.4 is 9.64 Å². The number of hydrogen-bond donors (Lipinski definition) is 2. The van der Waals surface area contributed by atoms with Crippen LogP contribution >= 0.6 is 0 Å². The first kappa shape index (κ1) is 19.9. The zero-order chi connectivity index (χ0) is 22.6. The van der Waals surface area contributed by atoms with Crippen molar-refractivity contribution in [3.05, 3.63) is 82.4 Å². The molecule has 0 saturated carbocycles. The number of benzene rings is 3. The summed E-state index contributed by atoms with van der Waals surface area (Å²) >= 11 is 0. The second kappa shape index (κ2) is 7.02. The molecule has 7 nitrogen and oxygen atoms in total. The highest BCUT2D eigenvalue weighted by molar-refractivity contribution is 5.98. The molecule has 0 aliphatic carbocycles. The van der Waals surface area contributed by atoms with Crippen LogP contribution in [-0.4, -0.2) is 35.2 Å². The Labute approximate surface area is 184 Å². The van der Waals surface area contributed by atoms with Crippen molar-refractivity contribution in [2.45, 2.75) is 19.4 Å². The van der Waals surface area contributed by atoms with Gasteiger partial charge in [-0.1, -0.05) is 18.2 Å². The standard InChI is InChI=1S/C25H21NO6/c1-3-26(4-2)14-9-10-18-21(11-14)31-22-13-20(27)16(23(28)29)12-19(22)25(18)17-8-6-5-7-15(17)24(30)32-25/h5-13,27H,3-4H2,1-2H3,(H,28,29)/t25-/m0/s1. The van der Waals surface area contributed by atoms with Crippen LogP contribution in [0, 0.1) is 0 Å². The van der Waals surface area contributed by atoms with Crippen LogP contribution in [0.5, 0.6) is 17.2 Å². The summed E-state index contributed by atoms with van der Waals surface area (Å²) in [6, 6.07) is 15.3. The molecule has 0 unspecified atom stereocenters. The number of rotatable bonds is 4. The van der Waals surface area contributed by atoms with E-state index in [1.807, 2.05) is 18.2 Å². The lowest BCUT2D eigenvalue weighted by Gasteiger charge is -2.37. The van der Waals surface area contributed by atoms with E-state index >= 15 is 0 Å². The molecular weight excluding hydrogens is 410 g/mol. The number of anilines is 1. The number of aromatic carboxylic acids is 1. The van der Waals surface area contributed by atoms with Gasteiger partial charge in [0.1, 0.15) is 22.8 Å². The average Bonchev–Trinajstić information content (AvgIpc) is 3.07. The highest BCUT2D eigenvalue weighted by Gasteiger charge is 2.54. The summed E-state index contributed by atoms with van der Waals surface area (Å²) in [6.07, 6.45) is 0. The molecule has 0 radical (unpaired) electrons. The number of carboxylic acid groups (broad SMARTS) is 1. The van der Waals surface area contributed by atoms with E-state index in [0.717, 1.165) is 18.8 Å². The molecule has 2 aliphatic heterocycles. The van der Waals surface area contributed by atoms with Crippen molar-refractivity contribution < 1.29 is 29.3 Å². The number of phenols is 1. The topological polar surface area (TPSA) is 96.3 Å². The molecule has 162 valence electrons. The second-order valence-corrected chi connectivity index (χ2v) is 7.74. The maximum Gasteiger partial charge on any atom is 0.340 e. The first-order valence-corrected chi connectivity index (χ1v) is 10.4. The Kier molecular flexibility index (Phi) is 4.37. The van der Waals surface area contributed by atoms with Gasteiger partial charge in [-0.15, -0.1) is 0 Å². The van der Waals surface area contributed by atoms with Gasteiger partial charge in [0.05, 0.1) is 5.56 Å². The zero-order valence-corrected chi connectivity index (χ0v) is 17.6. The van der Waals surface area contributed by atoms with Crippen molar-refractivity contribution >= 4 is 17.6 Å². The van der Waals surface area contributed by atoms with Gasteiger partial charge in [-0.2, -0.15) is 0 Å². The van der Waals surface area contributed by atoms with Gasteiger partial charge in [-0.25, -0.2) is 9.59 Å². The minimum absolute atomic E-state index is 0.237. The number of carboxylic acids is 1. The molecule has 2 N–H and O–H groups in total. The van der Waals surface area contributed by atoms with Crippen LogP contribution in [0.3, 0.4) is 0 Å². The Bertz CT molecular complexity index is 1280. The van der Waals surface area contributed by atoms with E-state index in [4.69, 9.17) is 9.47 Å². The molecule has 3 aromatic carbocycles. The molecule has 3 aromatic rings. The molecule has 32 heavy (non-hydrogen) atoms. The third-order valence-electron chi connectivity index (χ3n) is 6.17. The van der Waals surface area contributed by atoms with Gasteiger partial charge in [0.15, 0.2) is 5.60 Å². The summed E-state index contributed by atoms with van der Waals surface area (Å²) in [5, 5.41) is 19.9. The fourth-order valence-electron chi connectivity index (χ4n) is 4.65. The minimum Gasteiger partial charge on any atom is -0.507 e. The summed E-state index contributed by atoms with van der Waals surface area (Å²) in [5.74, 6) is -1.50. The number of hydrogen-bond acceptors (Lipinski definition) is 6. The third-order valence-corrected chi connectivity index (χ3v) is 6.17. The number of carbonyl (C=O) groups excluding carboxylic acids is 1. The van der Waals surface area contributed by atoms with Gasteiger partial charge < -0.3 is 24.6 Å². The molecule has 2 aliphatic rings. The van der Waals surface area contributed by atoms with E-state index in [1.54, 1.807) is 24.3 Å². The van der Waals surface area contributed by atoms with Crippen LogP contribution in [0.15, 0.2) is 54.6 Å². The van der Waals surface area contributed by atoms with E-state index < -0.39 is 23.3 Å². The number of carbonyl (C=O) groups is 2. The zero-order valence-electron chi connectivity index (χ0n) is 17.6. The predicted molar refractivity (Wildman–Crippen MR) is 117 cm³/mol. The molecule has 0 bridgehead atoms. The Balaban J connectivity index is 1.83. The second-order valence-electron chi connectivity index (χ2n) is 7.74. The van der Waals surface area contributed by atoms with Gasteiger partial charge >= 0.3 is 11.9 Å². The Morgan fingerprint density at radius 1 is 0.969 bits per heavy atom. The molecule has 0 aromatic heterocycles. The maximum absolute atomic E-state index is 12.9. The Morgan fingerprint density at radius 2 is 1.69 bits per heavy atom. The first-order chi connectivity index (χ1) is 15.4. The van der Waals surface area contributed by atoms with Gasteiger partial charge in [0.25, 0.3) is 0 Å². The quantitative estimate of drug-likeness (QED) is 0.587. The van der Waals surface area contributed by atoms with E-state index in [-0.39, 0.29) is 11.3 Å². The Morgan fingerprint density at radius 3 is 2.41 bits per heavy atom. The van der Waals surface area contributed by atoms with Crippen molar-refractivity contribution in [1.82, 2.24) is 0 Å². The lowest BCUT2D eigenvalue weighted by Crippen LogP contribution is -2.33. The summed E-state index contributed by atoms with van der Waals surface area (Å²) < 4.78 is 12.2. The number of fused-ring (bicyclic) bond motifs is 6. The van der Waals surface area contributed by atoms with Crippen molar-refractivity contribution in [3.8, 4) is 17.2 Å². The molecule has 0 saturated heterocycles. The first-order valence-electron chi connectivity index (χ1n) is 10.4. The smallest absolute Gasteiger partial charge is 0.340 e. The lowest BCUT2D eigenvalue weighted by molar-refractivity contribution is 0.0224. The molecule has 2 heterocycles. The monoisotopic (exact) mass is 431 g/mol. The molecule has 1 spiro atoms. The maximum atomic E-state index is 12.9. The molecule has 5 rings (SSSR count). The SMILES string of the molecule is CCN(CC)c1ccc2c(c1)Oc1cc(O)c(C(=O)O)cc1[C@@]21OC(=O)c2ccccc21. The molecular formula is C25H21NO6. The van der Waals surface area contributed by atoms with Crippen molar-refractivity contribution in [2.24, 2.45) is 0 Å². The van der Waals surface area contributed by atoms with Gasteiger partial charge in [0, 0.05) is 47.6 Å². The molecule has 0 fully saturated rings. The van der Waals surface area contributed by atoms with Crippen molar-refractivity contribution in [3.63, 3.8) is 0 Å². The number of nitrogens with zero attached hydrogens (tertiary/aromatic N) is 1. The minimum atomic E-state index is -1.38. The van der Waals surface area contributed by atoms with Crippen LogP contribution in [0.1, 0.15) is 51.3 Å². The molecule has 0 amide bonds. The van der Waals surface area contributed by atoms with E-state index in [1.165, 1.54) is 12.1 Å². The van der Waals surface area contributed by atoms with Crippen LogP contribution in [0.2, 0.25) is 0 Å². The van der Waals surface area contributed by atoms with E-state index in [2.05, 4.69) is 18.7 Å². The predicted octanol–water partition coefficient (Wildman–Crippen LogP) is 4.50. The summed E-state index contributed by atoms with van der Waals surface area (Å²) in [5.41, 5.74) is 1.23. The highest BCUT2D eigenvalue weighted by Crippen LogP contribution is 2.57. The highest BCUT2D eigenvalue weighted by atomic mass is 16.6. The van der Waals surface area contributed by atoms with Crippen molar-refractivity contribution in [2.75, 3.05) is 18.0 Å². The summed E-state index contributed by atoms with van der Waals surface area (Å²) in [4.78, 5) is 26.8. The fraction of sp³-hybridized carbons (Fsp3) is 0.200. The summed E-state index contributed by atoms with van der Waals surface area (Å²) in [6.45, 7) is 5.72. The summed E-state index contributed by atoms with van der Waals surface area (Å²) in [7, 11) is 0. The normalized spacial score (nSPS) is 17.8. The van der Waals surface area contributed by atoms with E-state index in [9.17, 15) is 19.8 Å². The van der Waals surface area contributed by atoms with Crippen LogP contribution in [0.25, 0.3) is 0 Å². The van der Waals surface area contributed by atoms with E-state index in [0.29, 0.717) is 28.0 Å². The largest absolute Gasteiger partial charge is 0.507 e.